The van der Waals surface area contributed by atoms with Crippen molar-refractivity contribution in [3.63, 3.8) is 0 Å². The summed E-state index contributed by atoms with van der Waals surface area (Å²) in [4.78, 5) is 25.3. The van der Waals surface area contributed by atoms with Crippen LogP contribution in [0.3, 0.4) is 0 Å². The zero-order chi connectivity index (χ0) is 15.7. The molecule has 0 unspecified atom stereocenters. The van der Waals surface area contributed by atoms with Gasteiger partial charge in [-0.2, -0.15) is 0 Å². The Morgan fingerprint density at radius 3 is 2.59 bits per heavy atom. The summed E-state index contributed by atoms with van der Waals surface area (Å²) < 4.78 is 5.61. The fourth-order valence-corrected chi connectivity index (χ4v) is 3.42. The van der Waals surface area contributed by atoms with Crippen LogP contribution < -0.4 is 0 Å². The first-order chi connectivity index (χ1) is 10.6. The zero-order valence-corrected chi connectivity index (χ0v) is 13.7. The van der Waals surface area contributed by atoms with Gasteiger partial charge < -0.3 is 4.74 Å². The average Bonchev–Trinajstić information content (AvgIpc) is 2.54. The number of halogens is 1. The zero-order valence-electron chi connectivity index (χ0n) is 12.1. The standard InChI is InChI=1S/C18H15BrO3/c1-12-6-5-9-14-10-18(11-19,22-17(21)15(12)14)16(20)13-7-3-2-4-8-13/h2-9H,10-11H2,1H3/t18-/m1/s1. The minimum atomic E-state index is -1.18. The minimum Gasteiger partial charge on any atom is -0.446 e. The van der Waals surface area contributed by atoms with E-state index in [4.69, 9.17) is 4.74 Å². The van der Waals surface area contributed by atoms with E-state index in [0.29, 0.717) is 17.5 Å². The lowest BCUT2D eigenvalue weighted by Gasteiger charge is -2.35. The molecule has 0 saturated carbocycles. The van der Waals surface area contributed by atoms with E-state index in [-0.39, 0.29) is 11.1 Å². The third-order valence-electron chi connectivity index (χ3n) is 3.99. The molecule has 1 atom stereocenters. The second kappa shape index (κ2) is 5.69. The summed E-state index contributed by atoms with van der Waals surface area (Å²) in [5.41, 5.74) is 1.68. The number of esters is 1. The SMILES string of the molecule is Cc1cccc2c1C(=O)O[C@](CBr)(C(=O)c1ccccc1)C2. The molecule has 0 aromatic heterocycles. The van der Waals surface area contributed by atoms with Gasteiger partial charge in [0.25, 0.3) is 0 Å². The number of hydrogen-bond donors (Lipinski definition) is 0. The minimum absolute atomic E-state index is 0.175. The van der Waals surface area contributed by atoms with Crippen LogP contribution in [0.25, 0.3) is 0 Å². The number of Topliss-reactive ketones (excluding diaryl/α,β-unsaturated/α-hetero) is 1. The maximum atomic E-state index is 12.9. The van der Waals surface area contributed by atoms with Crippen LogP contribution in [0.15, 0.2) is 48.5 Å². The van der Waals surface area contributed by atoms with Crippen LogP contribution in [0.1, 0.15) is 31.8 Å². The first-order valence-corrected chi connectivity index (χ1v) is 8.17. The number of hydrogen-bond acceptors (Lipinski definition) is 3. The van der Waals surface area contributed by atoms with Gasteiger partial charge >= 0.3 is 5.97 Å². The van der Waals surface area contributed by atoms with E-state index in [2.05, 4.69) is 15.9 Å². The van der Waals surface area contributed by atoms with E-state index in [1.165, 1.54) is 0 Å². The van der Waals surface area contributed by atoms with Gasteiger partial charge in [0.15, 0.2) is 5.60 Å². The number of rotatable bonds is 3. The molecule has 1 aliphatic rings. The second-order valence-electron chi connectivity index (χ2n) is 5.50. The van der Waals surface area contributed by atoms with E-state index in [0.717, 1.165) is 11.1 Å². The normalized spacial score (nSPS) is 20.2. The number of carbonyl (C=O) groups excluding carboxylic acids is 2. The Bertz CT molecular complexity index is 739. The molecule has 0 radical (unpaired) electrons. The molecule has 0 N–H and O–H groups in total. The van der Waals surface area contributed by atoms with Gasteiger partial charge in [-0.05, 0) is 18.1 Å². The summed E-state index contributed by atoms with van der Waals surface area (Å²) >= 11 is 3.37. The number of alkyl halides is 1. The van der Waals surface area contributed by atoms with Crippen molar-refractivity contribution in [2.24, 2.45) is 0 Å². The maximum Gasteiger partial charge on any atom is 0.339 e. The molecule has 0 amide bonds. The molecule has 0 spiro atoms. The van der Waals surface area contributed by atoms with Crippen molar-refractivity contribution in [2.75, 3.05) is 5.33 Å². The number of ketones is 1. The van der Waals surface area contributed by atoms with Crippen LogP contribution in [-0.2, 0) is 11.2 Å². The molecule has 0 aliphatic carbocycles. The van der Waals surface area contributed by atoms with Gasteiger partial charge in [-0.1, -0.05) is 64.5 Å². The highest BCUT2D eigenvalue weighted by Gasteiger charge is 2.46. The summed E-state index contributed by atoms with van der Waals surface area (Å²) in [5.74, 6) is -0.603. The summed E-state index contributed by atoms with van der Waals surface area (Å²) in [7, 11) is 0. The summed E-state index contributed by atoms with van der Waals surface area (Å²) in [6, 6.07) is 14.6. The first kappa shape index (κ1) is 15.0. The Morgan fingerprint density at radius 1 is 1.18 bits per heavy atom. The smallest absolute Gasteiger partial charge is 0.339 e. The fraction of sp³-hybridized carbons (Fsp3) is 0.222. The Labute approximate surface area is 137 Å². The first-order valence-electron chi connectivity index (χ1n) is 7.05. The van der Waals surface area contributed by atoms with Crippen molar-refractivity contribution in [2.45, 2.75) is 18.9 Å². The highest BCUT2D eigenvalue weighted by atomic mass is 79.9. The topological polar surface area (TPSA) is 43.4 Å². The van der Waals surface area contributed by atoms with Crippen LogP contribution in [0.5, 0.6) is 0 Å². The number of ether oxygens (including phenoxy) is 1. The Balaban J connectivity index is 2.06. The molecule has 22 heavy (non-hydrogen) atoms. The van der Waals surface area contributed by atoms with Crippen LogP contribution in [0, 0.1) is 6.92 Å². The van der Waals surface area contributed by atoms with Crippen molar-refractivity contribution in [1.29, 1.82) is 0 Å². The monoisotopic (exact) mass is 358 g/mol. The van der Waals surface area contributed by atoms with Gasteiger partial charge in [0.1, 0.15) is 0 Å². The third-order valence-corrected chi connectivity index (χ3v) is 4.90. The quantitative estimate of drug-likeness (QED) is 0.477. The third kappa shape index (κ3) is 2.37. The van der Waals surface area contributed by atoms with Crippen LogP contribution in [-0.4, -0.2) is 22.7 Å². The van der Waals surface area contributed by atoms with E-state index in [9.17, 15) is 9.59 Å². The molecule has 2 aromatic carbocycles. The fourth-order valence-electron chi connectivity index (χ4n) is 2.85. The predicted molar refractivity (Wildman–Crippen MR) is 87.6 cm³/mol. The van der Waals surface area contributed by atoms with Crippen LogP contribution >= 0.6 is 15.9 Å². The average molecular weight is 359 g/mol. The molecule has 0 fully saturated rings. The molecule has 2 aromatic rings. The molecule has 0 saturated heterocycles. The van der Waals surface area contributed by atoms with Gasteiger partial charge in [-0.3, -0.25) is 4.79 Å². The lowest BCUT2D eigenvalue weighted by Crippen LogP contribution is -2.50. The van der Waals surface area contributed by atoms with Gasteiger partial charge in [-0.15, -0.1) is 0 Å². The highest BCUT2D eigenvalue weighted by molar-refractivity contribution is 9.09. The molecular formula is C18H15BrO3. The van der Waals surface area contributed by atoms with Gasteiger partial charge in [0, 0.05) is 12.0 Å². The van der Waals surface area contributed by atoms with E-state index < -0.39 is 11.6 Å². The number of aryl methyl sites for hydroxylation is 1. The Kier molecular flexibility index (Phi) is 3.87. The van der Waals surface area contributed by atoms with Crippen molar-refractivity contribution >= 4 is 27.7 Å². The number of carbonyl (C=O) groups is 2. The van der Waals surface area contributed by atoms with E-state index >= 15 is 0 Å². The molecule has 4 heteroatoms. The predicted octanol–water partition coefficient (Wildman–Crippen LogP) is 3.72. The van der Waals surface area contributed by atoms with Gasteiger partial charge in [-0.25, -0.2) is 4.79 Å². The van der Waals surface area contributed by atoms with E-state index in [1.807, 2.05) is 31.2 Å². The largest absolute Gasteiger partial charge is 0.446 e. The number of benzene rings is 2. The van der Waals surface area contributed by atoms with Crippen LogP contribution in [0.4, 0.5) is 0 Å². The van der Waals surface area contributed by atoms with Crippen molar-refractivity contribution in [3.8, 4) is 0 Å². The summed E-state index contributed by atoms with van der Waals surface area (Å²) in [5, 5.41) is 0.271. The molecule has 0 bridgehead atoms. The number of cyclic esters (lactones) is 1. The lowest BCUT2D eigenvalue weighted by atomic mass is 9.83. The molecule has 1 aliphatic heterocycles. The molecule has 3 rings (SSSR count). The summed E-state index contributed by atoms with van der Waals surface area (Å²) in [6.45, 7) is 1.88. The lowest BCUT2D eigenvalue weighted by molar-refractivity contribution is -0.00530. The molecule has 1 heterocycles. The number of fused-ring (bicyclic) bond motifs is 1. The van der Waals surface area contributed by atoms with Crippen molar-refractivity contribution < 1.29 is 14.3 Å². The van der Waals surface area contributed by atoms with Crippen molar-refractivity contribution in [3.05, 3.63) is 70.8 Å². The van der Waals surface area contributed by atoms with Gasteiger partial charge in [0.2, 0.25) is 5.78 Å². The molecular weight excluding hydrogens is 344 g/mol. The van der Waals surface area contributed by atoms with Crippen LogP contribution in [0.2, 0.25) is 0 Å². The Hall–Kier alpha value is -1.94. The van der Waals surface area contributed by atoms with Crippen molar-refractivity contribution in [1.82, 2.24) is 0 Å². The molecule has 3 nitrogen and oxygen atoms in total. The maximum absolute atomic E-state index is 12.9. The second-order valence-corrected chi connectivity index (χ2v) is 6.06. The van der Waals surface area contributed by atoms with E-state index in [1.54, 1.807) is 24.3 Å². The Morgan fingerprint density at radius 2 is 1.91 bits per heavy atom. The summed E-state index contributed by atoms with van der Waals surface area (Å²) in [6.07, 6.45) is 0.384. The van der Waals surface area contributed by atoms with Gasteiger partial charge in [0.05, 0.1) is 10.9 Å². The highest BCUT2D eigenvalue weighted by Crippen LogP contribution is 2.34. The molecule has 112 valence electrons.